The molecule has 0 heterocycles. The number of nitro groups is 1. The van der Waals surface area contributed by atoms with Crippen molar-refractivity contribution in [3.05, 3.63) is 75.3 Å². The summed E-state index contributed by atoms with van der Waals surface area (Å²) in [6.07, 6.45) is 1.54. The number of rotatable bonds is 3. The van der Waals surface area contributed by atoms with Crippen LogP contribution in [0.15, 0.2) is 48.5 Å². The SMILES string of the molecule is Cc1ccc(/C(C#N)=C/c2ccccc2[N+](=O)[O-])cc1. The van der Waals surface area contributed by atoms with Gasteiger partial charge in [-0.2, -0.15) is 5.26 Å². The monoisotopic (exact) mass is 264 g/mol. The first kappa shape index (κ1) is 13.5. The van der Waals surface area contributed by atoms with E-state index in [0.29, 0.717) is 11.1 Å². The van der Waals surface area contributed by atoms with Gasteiger partial charge in [0.25, 0.3) is 5.69 Å². The Morgan fingerprint density at radius 2 is 1.85 bits per heavy atom. The Morgan fingerprint density at radius 3 is 2.45 bits per heavy atom. The number of nitriles is 1. The quantitative estimate of drug-likeness (QED) is 0.364. The topological polar surface area (TPSA) is 66.9 Å². The summed E-state index contributed by atoms with van der Waals surface area (Å²) in [5.41, 5.74) is 2.66. The van der Waals surface area contributed by atoms with Crippen LogP contribution in [0.25, 0.3) is 11.6 Å². The summed E-state index contributed by atoms with van der Waals surface area (Å²) in [5.74, 6) is 0. The molecule has 0 saturated carbocycles. The molecule has 2 aromatic rings. The van der Waals surface area contributed by atoms with Crippen molar-refractivity contribution in [2.75, 3.05) is 0 Å². The van der Waals surface area contributed by atoms with Crippen LogP contribution in [0.4, 0.5) is 5.69 Å². The van der Waals surface area contributed by atoms with Crippen LogP contribution in [0.5, 0.6) is 0 Å². The highest BCUT2D eigenvalue weighted by molar-refractivity contribution is 5.91. The second-order valence-corrected chi connectivity index (χ2v) is 4.35. The molecule has 0 aliphatic carbocycles. The molecule has 0 fully saturated rings. The first-order chi connectivity index (χ1) is 9.61. The number of allylic oxidation sites excluding steroid dienone is 1. The van der Waals surface area contributed by atoms with Gasteiger partial charge in [0.15, 0.2) is 0 Å². The third-order valence-electron chi connectivity index (χ3n) is 2.92. The van der Waals surface area contributed by atoms with Crippen molar-refractivity contribution in [2.45, 2.75) is 6.92 Å². The normalized spacial score (nSPS) is 10.9. The molecule has 0 spiro atoms. The smallest absolute Gasteiger partial charge is 0.258 e. The Bertz CT molecular complexity index is 710. The van der Waals surface area contributed by atoms with Crippen LogP contribution < -0.4 is 0 Å². The molecular weight excluding hydrogens is 252 g/mol. The van der Waals surface area contributed by atoms with Gasteiger partial charge >= 0.3 is 0 Å². The molecule has 20 heavy (non-hydrogen) atoms. The molecule has 0 N–H and O–H groups in total. The number of hydrogen-bond donors (Lipinski definition) is 0. The highest BCUT2D eigenvalue weighted by Crippen LogP contribution is 2.24. The van der Waals surface area contributed by atoms with Crippen molar-refractivity contribution in [1.82, 2.24) is 0 Å². The van der Waals surface area contributed by atoms with Crippen LogP contribution in [-0.4, -0.2) is 4.92 Å². The van der Waals surface area contributed by atoms with Gasteiger partial charge in [-0.15, -0.1) is 0 Å². The lowest BCUT2D eigenvalue weighted by Gasteiger charge is -2.01. The van der Waals surface area contributed by atoms with Gasteiger partial charge in [-0.25, -0.2) is 0 Å². The Balaban J connectivity index is 2.50. The molecule has 2 aromatic carbocycles. The molecule has 2 rings (SSSR count). The van der Waals surface area contributed by atoms with E-state index in [1.807, 2.05) is 31.2 Å². The lowest BCUT2D eigenvalue weighted by Crippen LogP contribution is -1.91. The first-order valence-corrected chi connectivity index (χ1v) is 6.04. The van der Waals surface area contributed by atoms with E-state index in [2.05, 4.69) is 6.07 Å². The van der Waals surface area contributed by atoms with E-state index >= 15 is 0 Å². The Morgan fingerprint density at radius 1 is 1.20 bits per heavy atom. The molecule has 0 bridgehead atoms. The summed E-state index contributed by atoms with van der Waals surface area (Å²) in [5, 5.41) is 20.2. The summed E-state index contributed by atoms with van der Waals surface area (Å²) in [4.78, 5) is 10.5. The van der Waals surface area contributed by atoms with Crippen LogP contribution in [0, 0.1) is 28.4 Å². The van der Waals surface area contributed by atoms with Crippen molar-refractivity contribution in [3.8, 4) is 6.07 Å². The average molecular weight is 264 g/mol. The van der Waals surface area contributed by atoms with E-state index in [4.69, 9.17) is 0 Å². The lowest BCUT2D eigenvalue weighted by atomic mass is 10.0. The fourth-order valence-electron chi connectivity index (χ4n) is 1.84. The van der Waals surface area contributed by atoms with E-state index in [0.717, 1.165) is 11.1 Å². The van der Waals surface area contributed by atoms with Gasteiger partial charge in [0.2, 0.25) is 0 Å². The zero-order valence-electron chi connectivity index (χ0n) is 10.9. The standard InChI is InChI=1S/C16H12N2O2/c1-12-6-8-13(9-7-12)15(11-17)10-14-4-2-3-5-16(14)18(19)20/h2-10H,1H3/b15-10+. The van der Waals surface area contributed by atoms with Crippen LogP contribution in [0.3, 0.4) is 0 Å². The van der Waals surface area contributed by atoms with Crippen molar-refractivity contribution in [1.29, 1.82) is 5.26 Å². The van der Waals surface area contributed by atoms with Gasteiger partial charge in [0.1, 0.15) is 0 Å². The molecular formula is C16H12N2O2. The molecule has 0 radical (unpaired) electrons. The number of nitro benzene ring substituents is 1. The van der Waals surface area contributed by atoms with Gasteiger partial charge in [-0.1, -0.05) is 42.0 Å². The van der Waals surface area contributed by atoms with E-state index < -0.39 is 4.92 Å². The van der Waals surface area contributed by atoms with E-state index in [1.54, 1.807) is 24.3 Å². The average Bonchev–Trinajstić information content (AvgIpc) is 2.46. The zero-order chi connectivity index (χ0) is 14.5. The minimum atomic E-state index is -0.448. The molecule has 0 aliphatic heterocycles. The highest BCUT2D eigenvalue weighted by Gasteiger charge is 2.11. The molecule has 0 saturated heterocycles. The summed E-state index contributed by atoms with van der Waals surface area (Å²) < 4.78 is 0. The molecule has 0 aliphatic rings. The second kappa shape index (κ2) is 5.81. The Labute approximate surface area is 116 Å². The van der Waals surface area contributed by atoms with Gasteiger partial charge < -0.3 is 0 Å². The third-order valence-corrected chi connectivity index (χ3v) is 2.92. The zero-order valence-corrected chi connectivity index (χ0v) is 10.9. The Hall–Kier alpha value is -2.93. The van der Waals surface area contributed by atoms with Crippen molar-refractivity contribution < 1.29 is 4.92 Å². The molecule has 98 valence electrons. The number of benzene rings is 2. The number of nitrogens with zero attached hydrogens (tertiary/aromatic N) is 2. The van der Waals surface area contributed by atoms with Crippen molar-refractivity contribution in [3.63, 3.8) is 0 Å². The minimum Gasteiger partial charge on any atom is -0.258 e. The maximum absolute atomic E-state index is 11.0. The second-order valence-electron chi connectivity index (χ2n) is 4.35. The number of aryl methyl sites for hydroxylation is 1. The molecule has 0 unspecified atom stereocenters. The molecule has 0 atom stereocenters. The maximum atomic E-state index is 11.0. The fraction of sp³-hybridized carbons (Fsp3) is 0.0625. The van der Waals surface area contributed by atoms with Crippen LogP contribution in [0.2, 0.25) is 0 Å². The number of hydrogen-bond acceptors (Lipinski definition) is 3. The highest BCUT2D eigenvalue weighted by atomic mass is 16.6. The first-order valence-electron chi connectivity index (χ1n) is 6.04. The Kier molecular flexibility index (Phi) is 3.92. The maximum Gasteiger partial charge on any atom is 0.276 e. The molecule has 0 amide bonds. The van der Waals surface area contributed by atoms with Crippen LogP contribution in [0.1, 0.15) is 16.7 Å². The largest absolute Gasteiger partial charge is 0.276 e. The van der Waals surface area contributed by atoms with Gasteiger partial charge in [0, 0.05) is 6.07 Å². The summed E-state index contributed by atoms with van der Waals surface area (Å²) in [6, 6.07) is 15.9. The predicted molar refractivity (Wildman–Crippen MR) is 77.8 cm³/mol. The predicted octanol–water partition coefficient (Wildman–Crippen LogP) is 3.97. The van der Waals surface area contributed by atoms with E-state index in [-0.39, 0.29) is 5.69 Å². The van der Waals surface area contributed by atoms with Gasteiger partial charge in [-0.3, -0.25) is 10.1 Å². The van der Waals surface area contributed by atoms with Gasteiger partial charge in [-0.05, 0) is 24.6 Å². The van der Waals surface area contributed by atoms with Crippen molar-refractivity contribution in [2.24, 2.45) is 0 Å². The number of para-hydroxylation sites is 1. The molecule has 4 nitrogen and oxygen atoms in total. The summed E-state index contributed by atoms with van der Waals surface area (Å²) in [7, 11) is 0. The molecule has 4 heteroatoms. The molecule has 0 aromatic heterocycles. The summed E-state index contributed by atoms with van der Waals surface area (Å²) in [6.45, 7) is 1.96. The van der Waals surface area contributed by atoms with Crippen LogP contribution >= 0.6 is 0 Å². The summed E-state index contributed by atoms with van der Waals surface area (Å²) >= 11 is 0. The lowest BCUT2D eigenvalue weighted by molar-refractivity contribution is -0.385. The van der Waals surface area contributed by atoms with Gasteiger partial charge in [0.05, 0.1) is 22.1 Å². The van der Waals surface area contributed by atoms with Crippen LogP contribution in [-0.2, 0) is 0 Å². The third kappa shape index (κ3) is 2.90. The van der Waals surface area contributed by atoms with E-state index in [1.165, 1.54) is 6.07 Å². The minimum absolute atomic E-state index is 0.00707. The van der Waals surface area contributed by atoms with Crippen molar-refractivity contribution >= 4 is 17.3 Å². The van der Waals surface area contributed by atoms with E-state index in [9.17, 15) is 15.4 Å². The fourth-order valence-corrected chi connectivity index (χ4v) is 1.84.